The average Bonchev–Trinajstić information content (AvgIpc) is 2.74. The first-order valence-corrected chi connectivity index (χ1v) is 6.99. The van der Waals surface area contributed by atoms with E-state index in [9.17, 15) is 4.79 Å². The molecule has 0 bridgehead atoms. The van der Waals surface area contributed by atoms with Gasteiger partial charge in [0.25, 0.3) is 0 Å². The number of amides is 1. The molecule has 5 nitrogen and oxygen atoms in total. The summed E-state index contributed by atoms with van der Waals surface area (Å²) < 4.78 is 1.08. The minimum atomic E-state index is -0.0317. The topological polar surface area (TPSA) is 71.2 Å². The Labute approximate surface area is 116 Å². The first kappa shape index (κ1) is 13.6. The number of nitrogen functional groups attached to an aromatic ring is 1. The van der Waals surface area contributed by atoms with Gasteiger partial charge in [0.1, 0.15) is 0 Å². The molecule has 1 aromatic carbocycles. The normalized spacial score (nSPS) is 10.7. The monoisotopic (exact) mass is 278 g/mol. The number of fused-ring (bicyclic) bond motifs is 1. The number of nitrogens with two attached hydrogens (primary N) is 1. The van der Waals surface area contributed by atoms with Crippen LogP contribution in [0.2, 0.25) is 0 Å². The quantitative estimate of drug-likeness (QED) is 0.836. The van der Waals surface area contributed by atoms with Crippen LogP contribution in [0.5, 0.6) is 0 Å². The Morgan fingerprint density at radius 2 is 2.26 bits per heavy atom. The number of likely N-dealkylation sites (N-methyl/N-ethyl adjacent to an activating group) is 2. The van der Waals surface area contributed by atoms with Crippen molar-refractivity contribution >= 4 is 38.8 Å². The van der Waals surface area contributed by atoms with E-state index in [1.165, 1.54) is 0 Å². The van der Waals surface area contributed by atoms with Gasteiger partial charge in [-0.1, -0.05) is 0 Å². The van der Waals surface area contributed by atoms with Gasteiger partial charge in [0, 0.05) is 13.6 Å². The predicted octanol–water partition coefficient (Wildman–Crippen LogP) is 1.76. The molecule has 0 unspecified atom stereocenters. The van der Waals surface area contributed by atoms with E-state index in [-0.39, 0.29) is 5.91 Å². The van der Waals surface area contributed by atoms with Gasteiger partial charge in [-0.05, 0) is 26.0 Å². The number of aromatic nitrogens is 1. The highest BCUT2D eigenvalue weighted by atomic mass is 32.1. The molecule has 0 aliphatic heterocycles. The molecule has 0 saturated carbocycles. The van der Waals surface area contributed by atoms with Crippen LogP contribution in [0.1, 0.15) is 11.9 Å². The summed E-state index contributed by atoms with van der Waals surface area (Å²) in [5, 5.41) is 3.64. The van der Waals surface area contributed by atoms with E-state index in [2.05, 4.69) is 10.3 Å². The lowest BCUT2D eigenvalue weighted by Gasteiger charge is -2.23. The molecule has 0 aliphatic carbocycles. The van der Waals surface area contributed by atoms with Crippen LogP contribution in [0.3, 0.4) is 0 Å². The molecule has 2 rings (SSSR count). The lowest BCUT2D eigenvalue weighted by molar-refractivity contribution is -0.119. The van der Waals surface area contributed by atoms with Crippen molar-refractivity contribution in [3.8, 4) is 0 Å². The number of anilines is 2. The number of rotatable bonds is 4. The number of carbonyl (C=O) groups excluding carboxylic acids is 1. The fourth-order valence-corrected chi connectivity index (χ4v) is 2.84. The summed E-state index contributed by atoms with van der Waals surface area (Å²) in [5.41, 5.74) is 8.57. The molecule has 0 atom stereocenters. The van der Waals surface area contributed by atoms with E-state index in [1.54, 1.807) is 18.4 Å². The Kier molecular flexibility index (Phi) is 3.90. The second-order valence-corrected chi connectivity index (χ2v) is 5.53. The fraction of sp³-hybridized carbons (Fsp3) is 0.385. The molecule has 19 heavy (non-hydrogen) atoms. The zero-order chi connectivity index (χ0) is 14.0. The molecular weight excluding hydrogens is 260 g/mol. The molecule has 102 valence electrons. The maximum absolute atomic E-state index is 11.5. The molecular formula is C13H18N4OS. The Hall–Kier alpha value is -1.82. The van der Waals surface area contributed by atoms with E-state index in [1.807, 2.05) is 30.9 Å². The van der Waals surface area contributed by atoms with Crippen molar-refractivity contribution in [2.75, 3.05) is 30.8 Å². The van der Waals surface area contributed by atoms with E-state index in [4.69, 9.17) is 5.73 Å². The van der Waals surface area contributed by atoms with Crippen molar-refractivity contribution in [2.24, 2.45) is 0 Å². The summed E-state index contributed by atoms with van der Waals surface area (Å²) in [6.07, 6.45) is 0. The first-order chi connectivity index (χ1) is 9.05. The third kappa shape index (κ3) is 2.78. The first-order valence-electron chi connectivity index (χ1n) is 6.17. The molecule has 2 aromatic rings. The molecule has 0 aliphatic rings. The van der Waals surface area contributed by atoms with Gasteiger partial charge in [0.05, 0.1) is 33.1 Å². The lowest BCUT2D eigenvalue weighted by atomic mass is 10.2. The molecule has 1 heterocycles. The third-order valence-electron chi connectivity index (χ3n) is 2.98. The molecule has 1 amide bonds. The van der Waals surface area contributed by atoms with Gasteiger partial charge in [-0.2, -0.15) is 0 Å². The smallest absolute Gasteiger partial charge is 0.239 e. The largest absolute Gasteiger partial charge is 0.397 e. The van der Waals surface area contributed by atoms with Gasteiger partial charge in [0.15, 0.2) is 0 Å². The van der Waals surface area contributed by atoms with Crippen LogP contribution in [-0.4, -0.2) is 31.0 Å². The van der Waals surface area contributed by atoms with Gasteiger partial charge in [-0.15, -0.1) is 11.3 Å². The minimum Gasteiger partial charge on any atom is -0.397 e. The molecule has 0 spiro atoms. The lowest BCUT2D eigenvalue weighted by Crippen LogP contribution is -2.35. The summed E-state index contributed by atoms with van der Waals surface area (Å²) in [6.45, 7) is 4.99. The Morgan fingerprint density at radius 1 is 1.53 bits per heavy atom. The standard InChI is InChI=1S/C13H18N4OS/c1-4-17(7-13(18)15-3)11-6-10-12(5-9(11)14)19-8(2)16-10/h5-6H,4,7,14H2,1-3H3,(H,15,18). The number of hydrogen-bond acceptors (Lipinski definition) is 5. The SMILES string of the molecule is CCN(CC(=O)NC)c1cc2nc(C)sc2cc1N. The fourth-order valence-electron chi connectivity index (χ4n) is 1.99. The second kappa shape index (κ2) is 5.44. The van der Waals surface area contributed by atoms with Gasteiger partial charge in [-0.3, -0.25) is 4.79 Å². The van der Waals surface area contributed by atoms with Crippen molar-refractivity contribution in [3.63, 3.8) is 0 Å². The number of nitrogens with zero attached hydrogens (tertiary/aromatic N) is 2. The molecule has 1 aromatic heterocycles. The number of nitrogens with one attached hydrogen (secondary N) is 1. The molecule has 0 saturated heterocycles. The molecule has 6 heteroatoms. The molecule has 0 fully saturated rings. The number of hydrogen-bond donors (Lipinski definition) is 2. The van der Waals surface area contributed by atoms with Gasteiger partial charge < -0.3 is 16.0 Å². The van der Waals surface area contributed by atoms with Crippen molar-refractivity contribution in [1.82, 2.24) is 10.3 Å². The minimum absolute atomic E-state index is 0.0317. The maximum Gasteiger partial charge on any atom is 0.239 e. The van der Waals surface area contributed by atoms with Crippen molar-refractivity contribution < 1.29 is 4.79 Å². The van der Waals surface area contributed by atoms with Gasteiger partial charge >= 0.3 is 0 Å². The van der Waals surface area contributed by atoms with Gasteiger partial charge in [-0.25, -0.2) is 4.98 Å². The van der Waals surface area contributed by atoms with Crippen LogP contribution in [-0.2, 0) is 4.79 Å². The Bertz CT molecular complexity index is 608. The Morgan fingerprint density at radius 3 is 2.89 bits per heavy atom. The number of aryl methyl sites for hydroxylation is 1. The third-order valence-corrected chi connectivity index (χ3v) is 3.91. The highest BCUT2D eigenvalue weighted by Gasteiger charge is 2.14. The van der Waals surface area contributed by atoms with Crippen molar-refractivity contribution in [2.45, 2.75) is 13.8 Å². The van der Waals surface area contributed by atoms with E-state index >= 15 is 0 Å². The average molecular weight is 278 g/mol. The van der Waals surface area contributed by atoms with Gasteiger partial charge in [0.2, 0.25) is 5.91 Å². The van der Waals surface area contributed by atoms with E-state index < -0.39 is 0 Å². The van der Waals surface area contributed by atoms with Crippen molar-refractivity contribution in [1.29, 1.82) is 0 Å². The summed E-state index contributed by atoms with van der Waals surface area (Å²) in [4.78, 5) is 17.9. The van der Waals surface area contributed by atoms with Crippen molar-refractivity contribution in [3.05, 3.63) is 17.1 Å². The molecule has 0 radical (unpaired) electrons. The summed E-state index contributed by atoms with van der Waals surface area (Å²) >= 11 is 1.62. The van der Waals surface area contributed by atoms with E-state index in [0.29, 0.717) is 18.8 Å². The highest BCUT2D eigenvalue weighted by Crippen LogP contribution is 2.31. The maximum atomic E-state index is 11.5. The molecule has 3 N–H and O–H groups in total. The number of carbonyl (C=O) groups is 1. The second-order valence-electron chi connectivity index (χ2n) is 4.30. The summed E-state index contributed by atoms with van der Waals surface area (Å²) in [5.74, 6) is -0.0317. The Balaban J connectivity index is 2.41. The highest BCUT2D eigenvalue weighted by molar-refractivity contribution is 7.18. The zero-order valence-electron chi connectivity index (χ0n) is 11.4. The van der Waals surface area contributed by atoms with Crippen LogP contribution in [0.25, 0.3) is 10.2 Å². The summed E-state index contributed by atoms with van der Waals surface area (Å²) in [7, 11) is 1.63. The predicted molar refractivity (Wildman–Crippen MR) is 80.7 cm³/mol. The summed E-state index contributed by atoms with van der Waals surface area (Å²) in [6, 6.07) is 3.89. The number of benzene rings is 1. The van der Waals surface area contributed by atoms with Crippen LogP contribution >= 0.6 is 11.3 Å². The van der Waals surface area contributed by atoms with Crippen LogP contribution in [0.15, 0.2) is 12.1 Å². The van der Waals surface area contributed by atoms with E-state index in [0.717, 1.165) is 20.9 Å². The zero-order valence-corrected chi connectivity index (χ0v) is 12.2. The van der Waals surface area contributed by atoms with Crippen LogP contribution in [0, 0.1) is 6.92 Å². The van der Waals surface area contributed by atoms with Crippen LogP contribution in [0.4, 0.5) is 11.4 Å². The van der Waals surface area contributed by atoms with Crippen LogP contribution < -0.4 is 16.0 Å². The number of thiazole rings is 1.